The number of piperidine rings is 1. The average molecular weight is 272 g/mol. The Bertz CT molecular complexity index is 509. The molecule has 0 radical (unpaired) electrons. The number of carbonyl (C=O) groups excluding carboxylic acids is 1. The minimum absolute atomic E-state index is 0.0428. The molecule has 1 aromatic carbocycles. The third-order valence-electron chi connectivity index (χ3n) is 4.59. The van der Waals surface area contributed by atoms with Crippen molar-refractivity contribution in [3.8, 4) is 0 Å². The van der Waals surface area contributed by atoms with Crippen LogP contribution < -0.4 is 5.32 Å². The lowest BCUT2D eigenvalue weighted by molar-refractivity contribution is -0.136. The highest BCUT2D eigenvalue weighted by molar-refractivity contribution is 5.82. The van der Waals surface area contributed by atoms with Gasteiger partial charge in [0.1, 0.15) is 0 Å². The topological polar surface area (TPSA) is 32.3 Å². The third kappa shape index (κ3) is 2.73. The molecule has 2 aliphatic heterocycles. The smallest absolute Gasteiger partial charge is 0.240 e. The van der Waals surface area contributed by atoms with Gasteiger partial charge in [0, 0.05) is 19.6 Å². The van der Waals surface area contributed by atoms with Crippen molar-refractivity contribution in [1.82, 2.24) is 10.2 Å². The first-order chi connectivity index (χ1) is 9.55. The molecule has 108 valence electrons. The Hall–Kier alpha value is -1.35. The number of hydrogen-bond donors (Lipinski definition) is 1. The van der Waals surface area contributed by atoms with E-state index in [1.165, 1.54) is 17.5 Å². The van der Waals surface area contributed by atoms with Crippen molar-refractivity contribution < 1.29 is 4.79 Å². The highest BCUT2D eigenvalue weighted by atomic mass is 16.2. The monoisotopic (exact) mass is 272 g/mol. The molecule has 1 amide bonds. The van der Waals surface area contributed by atoms with E-state index in [1.807, 2.05) is 0 Å². The van der Waals surface area contributed by atoms with Crippen LogP contribution in [-0.2, 0) is 17.8 Å². The molecule has 0 bridgehead atoms. The average Bonchev–Trinajstić information content (AvgIpc) is 2.45. The van der Waals surface area contributed by atoms with Crippen molar-refractivity contribution in [2.45, 2.75) is 45.7 Å². The number of hydrogen-bond acceptors (Lipinski definition) is 2. The van der Waals surface area contributed by atoms with Crippen LogP contribution in [0.4, 0.5) is 0 Å². The van der Waals surface area contributed by atoms with Crippen molar-refractivity contribution in [3.05, 3.63) is 35.4 Å². The number of rotatable bonds is 1. The normalized spacial score (nSPS) is 25.1. The Morgan fingerprint density at radius 2 is 2.05 bits per heavy atom. The van der Waals surface area contributed by atoms with Crippen molar-refractivity contribution in [2.24, 2.45) is 5.41 Å². The summed E-state index contributed by atoms with van der Waals surface area (Å²) in [4.78, 5) is 14.8. The first-order valence-corrected chi connectivity index (χ1v) is 7.64. The highest BCUT2D eigenvalue weighted by Crippen LogP contribution is 2.29. The SMILES string of the molecule is CC1(C)CCCN(C(=O)[C@@H]2Cc3ccccc3CN2)C1. The summed E-state index contributed by atoms with van der Waals surface area (Å²) in [6, 6.07) is 8.38. The first kappa shape index (κ1) is 13.6. The molecule has 3 heteroatoms. The fourth-order valence-electron chi connectivity index (χ4n) is 3.46. The minimum Gasteiger partial charge on any atom is -0.341 e. The number of benzene rings is 1. The zero-order chi connectivity index (χ0) is 14.2. The number of nitrogens with one attached hydrogen (secondary N) is 1. The van der Waals surface area contributed by atoms with Crippen LogP contribution in [0.2, 0.25) is 0 Å². The Morgan fingerprint density at radius 1 is 1.30 bits per heavy atom. The Morgan fingerprint density at radius 3 is 2.80 bits per heavy atom. The molecule has 0 saturated carbocycles. The Labute approximate surface area is 121 Å². The van der Waals surface area contributed by atoms with Crippen LogP contribution >= 0.6 is 0 Å². The van der Waals surface area contributed by atoms with E-state index in [0.717, 1.165) is 32.5 Å². The molecule has 1 fully saturated rings. The van der Waals surface area contributed by atoms with Gasteiger partial charge in [-0.25, -0.2) is 0 Å². The molecule has 1 aromatic rings. The molecule has 1 saturated heterocycles. The summed E-state index contributed by atoms with van der Waals surface area (Å²) in [5, 5.41) is 3.41. The van der Waals surface area contributed by atoms with Crippen LogP contribution in [0.5, 0.6) is 0 Å². The molecular formula is C17H24N2O. The number of fused-ring (bicyclic) bond motifs is 1. The lowest BCUT2D eigenvalue weighted by Crippen LogP contribution is -2.53. The zero-order valence-corrected chi connectivity index (χ0v) is 12.5. The predicted octanol–water partition coefficient (Wildman–Crippen LogP) is 2.35. The van der Waals surface area contributed by atoms with Crippen LogP contribution in [-0.4, -0.2) is 29.9 Å². The first-order valence-electron chi connectivity index (χ1n) is 7.64. The van der Waals surface area contributed by atoms with Gasteiger partial charge in [0.05, 0.1) is 6.04 Å². The maximum Gasteiger partial charge on any atom is 0.240 e. The van der Waals surface area contributed by atoms with Crippen LogP contribution in [0, 0.1) is 5.41 Å². The fraction of sp³-hybridized carbons (Fsp3) is 0.588. The second-order valence-corrected chi connectivity index (χ2v) is 6.93. The van der Waals surface area contributed by atoms with Gasteiger partial charge in [-0.1, -0.05) is 38.1 Å². The number of amides is 1. The largest absolute Gasteiger partial charge is 0.341 e. The lowest BCUT2D eigenvalue weighted by atomic mass is 9.83. The van der Waals surface area contributed by atoms with Gasteiger partial charge in [0.15, 0.2) is 0 Å². The zero-order valence-electron chi connectivity index (χ0n) is 12.5. The molecule has 1 N–H and O–H groups in total. The molecule has 1 atom stereocenters. The molecule has 0 aliphatic carbocycles. The van der Waals surface area contributed by atoms with Crippen LogP contribution in [0.25, 0.3) is 0 Å². The van der Waals surface area contributed by atoms with Gasteiger partial charge >= 0.3 is 0 Å². The van der Waals surface area contributed by atoms with Gasteiger partial charge in [0.2, 0.25) is 5.91 Å². The van der Waals surface area contributed by atoms with E-state index >= 15 is 0 Å². The quantitative estimate of drug-likeness (QED) is 0.851. The van der Waals surface area contributed by atoms with E-state index < -0.39 is 0 Å². The fourth-order valence-corrected chi connectivity index (χ4v) is 3.46. The summed E-state index contributed by atoms with van der Waals surface area (Å²) >= 11 is 0. The van der Waals surface area contributed by atoms with E-state index in [-0.39, 0.29) is 17.4 Å². The molecule has 0 unspecified atom stereocenters. The van der Waals surface area contributed by atoms with Crippen molar-refractivity contribution >= 4 is 5.91 Å². The third-order valence-corrected chi connectivity index (χ3v) is 4.59. The van der Waals surface area contributed by atoms with Gasteiger partial charge in [0.25, 0.3) is 0 Å². The lowest BCUT2D eigenvalue weighted by Gasteiger charge is -2.40. The molecule has 0 spiro atoms. The van der Waals surface area contributed by atoms with Gasteiger partial charge in [-0.3, -0.25) is 4.79 Å². The maximum atomic E-state index is 12.7. The van der Waals surface area contributed by atoms with E-state index in [1.54, 1.807) is 0 Å². The minimum atomic E-state index is -0.0428. The summed E-state index contributed by atoms with van der Waals surface area (Å²) in [5.74, 6) is 0.285. The van der Waals surface area contributed by atoms with Crippen molar-refractivity contribution in [3.63, 3.8) is 0 Å². The van der Waals surface area contributed by atoms with E-state index in [0.29, 0.717) is 0 Å². The van der Waals surface area contributed by atoms with Gasteiger partial charge < -0.3 is 10.2 Å². The molecular weight excluding hydrogens is 248 g/mol. The summed E-state index contributed by atoms with van der Waals surface area (Å²) in [6.45, 7) is 7.14. The van der Waals surface area contributed by atoms with E-state index in [9.17, 15) is 4.79 Å². The predicted molar refractivity (Wildman–Crippen MR) is 80.4 cm³/mol. The summed E-state index contributed by atoms with van der Waals surface area (Å²) in [5.41, 5.74) is 2.91. The van der Waals surface area contributed by atoms with Gasteiger partial charge in [-0.15, -0.1) is 0 Å². The van der Waals surface area contributed by atoms with Gasteiger partial charge in [-0.05, 0) is 35.8 Å². The summed E-state index contributed by atoms with van der Waals surface area (Å²) in [6.07, 6.45) is 3.17. The Kier molecular flexibility index (Phi) is 3.55. The van der Waals surface area contributed by atoms with Crippen LogP contribution in [0.1, 0.15) is 37.8 Å². The summed E-state index contributed by atoms with van der Waals surface area (Å²) in [7, 11) is 0. The van der Waals surface area contributed by atoms with E-state index in [4.69, 9.17) is 0 Å². The molecule has 0 aromatic heterocycles. The highest BCUT2D eigenvalue weighted by Gasteiger charge is 2.33. The maximum absolute atomic E-state index is 12.7. The molecule has 3 rings (SSSR count). The van der Waals surface area contributed by atoms with Crippen molar-refractivity contribution in [1.29, 1.82) is 0 Å². The standard InChI is InChI=1S/C17H24N2O/c1-17(2)8-5-9-19(12-17)16(20)15-10-13-6-3-4-7-14(13)11-18-15/h3-4,6-7,15,18H,5,8-12H2,1-2H3/t15-/m0/s1. The van der Waals surface area contributed by atoms with Gasteiger partial charge in [-0.2, -0.15) is 0 Å². The number of nitrogens with zero attached hydrogens (tertiary/aromatic N) is 1. The second-order valence-electron chi connectivity index (χ2n) is 6.93. The summed E-state index contributed by atoms with van der Waals surface area (Å²) < 4.78 is 0. The van der Waals surface area contributed by atoms with E-state index in [2.05, 4.69) is 48.3 Å². The Balaban J connectivity index is 1.70. The second kappa shape index (κ2) is 5.21. The molecule has 2 aliphatic rings. The molecule has 2 heterocycles. The van der Waals surface area contributed by atoms with Crippen molar-refractivity contribution in [2.75, 3.05) is 13.1 Å². The number of carbonyl (C=O) groups is 1. The molecule has 3 nitrogen and oxygen atoms in total. The number of likely N-dealkylation sites (tertiary alicyclic amines) is 1. The van der Waals surface area contributed by atoms with Crippen LogP contribution in [0.15, 0.2) is 24.3 Å². The molecule has 20 heavy (non-hydrogen) atoms. The van der Waals surface area contributed by atoms with Crippen LogP contribution in [0.3, 0.4) is 0 Å².